The van der Waals surface area contributed by atoms with Gasteiger partial charge in [0.15, 0.2) is 0 Å². The summed E-state index contributed by atoms with van der Waals surface area (Å²) in [5.74, 6) is 0.605. The summed E-state index contributed by atoms with van der Waals surface area (Å²) >= 11 is 0. The second-order valence-corrected chi connectivity index (χ2v) is 4.27. The molecule has 0 fully saturated rings. The number of furan rings is 1. The first-order valence-corrected chi connectivity index (χ1v) is 5.86. The third-order valence-corrected chi connectivity index (χ3v) is 3.21. The quantitative estimate of drug-likeness (QED) is 0.852. The minimum atomic E-state index is -0.661. The van der Waals surface area contributed by atoms with Gasteiger partial charge in [-0.1, -0.05) is 30.3 Å². The Morgan fingerprint density at radius 1 is 1.12 bits per heavy atom. The largest absolute Gasteiger partial charge is 0.466 e. The average Bonchev–Trinajstić information content (AvgIpc) is 2.91. The van der Waals surface area contributed by atoms with Crippen molar-refractivity contribution in [1.29, 1.82) is 0 Å². The molecule has 86 valence electrons. The molecule has 0 amide bonds. The summed E-state index contributed by atoms with van der Waals surface area (Å²) < 4.78 is 5.27. The van der Waals surface area contributed by atoms with Gasteiger partial charge >= 0.3 is 0 Å². The van der Waals surface area contributed by atoms with Crippen LogP contribution in [-0.4, -0.2) is 5.11 Å². The van der Waals surface area contributed by atoms with E-state index in [2.05, 4.69) is 18.2 Å². The number of fused-ring (bicyclic) bond motifs is 1. The fourth-order valence-electron chi connectivity index (χ4n) is 2.37. The Hall–Kier alpha value is -1.80. The molecule has 17 heavy (non-hydrogen) atoms. The maximum absolute atomic E-state index is 10.3. The predicted molar refractivity (Wildman–Crippen MR) is 66.4 cm³/mol. The van der Waals surface area contributed by atoms with Crippen molar-refractivity contribution in [1.82, 2.24) is 0 Å². The van der Waals surface area contributed by atoms with Crippen LogP contribution in [0, 0.1) is 0 Å². The summed E-state index contributed by atoms with van der Waals surface area (Å²) in [4.78, 5) is 0. The van der Waals surface area contributed by atoms with E-state index in [9.17, 15) is 5.11 Å². The summed E-state index contributed by atoms with van der Waals surface area (Å²) in [5.41, 5.74) is 3.40. The van der Waals surface area contributed by atoms with Crippen molar-refractivity contribution in [3.63, 3.8) is 0 Å². The van der Waals surface area contributed by atoms with Gasteiger partial charge in [0, 0.05) is 0 Å². The third-order valence-electron chi connectivity index (χ3n) is 3.21. The lowest BCUT2D eigenvalue weighted by Crippen LogP contribution is -2.06. The molecule has 0 unspecified atom stereocenters. The number of hydrogen-bond donors (Lipinski definition) is 1. The van der Waals surface area contributed by atoms with Crippen LogP contribution in [0.5, 0.6) is 0 Å². The first kappa shape index (κ1) is 10.4. The lowest BCUT2D eigenvalue weighted by Gasteiger charge is -2.20. The molecule has 2 nitrogen and oxygen atoms in total. The number of aliphatic hydroxyl groups is 1. The highest BCUT2D eigenvalue weighted by Crippen LogP contribution is 2.35. The van der Waals surface area contributed by atoms with Crippen molar-refractivity contribution in [2.75, 3.05) is 0 Å². The van der Waals surface area contributed by atoms with E-state index in [0.717, 1.165) is 24.0 Å². The van der Waals surface area contributed by atoms with E-state index in [0.29, 0.717) is 5.76 Å². The van der Waals surface area contributed by atoms with Gasteiger partial charge in [-0.2, -0.15) is 0 Å². The van der Waals surface area contributed by atoms with Gasteiger partial charge in [0.05, 0.1) is 6.26 Å². The summed E-state index contributed by atoms with van der Waals surface area (Å²) in [5, 5.41) is 10.3. The summed E-state index contributed by atoms with van der Waals surface area (Å²) in [6.45, 7) is 0. The van der Waals surface area contributed by atoms with Crippen LogP contribution in [0.25, 0.3) is 5.57 Å². The van der Waals surface area contributed by atoms with Gasteiger partial charge in [-0.25, -0.2) is 0 Å². The number of allylic oxidation sites excluding steroid dienone is 1. The molecule has 1 aliphatic carbocycles. The molecule has 1 atom stereocenters. The molecule has 1 heterocycles. The second-order valence-electron chi connectivity index (χ2n) is 4.27. The van der Waals surface area contributed by atoms with Gasteiger partial charge in [-0.3, -0.25) is 0 Å². The minimum Gasteiger partial charge on any atom is -0.466 e. The molecule has 0 radical (unpaired) electrons. The zero-order valence-electron chi connectivity index (χ0n) is 9.47. The Balaban J connectivity index is 2.01. The number of aryl methyl sites for hydroxylation is 1. The topological polar surface area (TPSA) is 33.4 Å². The lowest BCUT2D eigenvalue weighted by molar-refractivity contribution is 0.205. The predicted octanol–water partition coefficient (Wildman–Crippen LogP) is 3.34. The molecular weight excluding hydrogens is 212 g/mol. The molecule has 1 N–H and O–H groups in total. The smallest absolute Gasteiger partial charge is 0.137 e. The lowest BCUT2D eigenvalue weighted by atomic mass is 9.87. The van der Waals surface area contributed by atoms with Crippen LogP contribution in [0.1, 0.15) is 29.4 Å². The molecule has 0 spiro atoms. The van der Waals surface area contributed by atoms with Crippen LogP contribution in [-0.2, 0) is 6.42 Å². The Kier molecular flexibility index (Phi) is 2.57. The van der Waals surface area contributed by atoms with Gasteiger partial charge < -0.3 is 9.52 Å². The normalized spacial score (nSPS) is 16.2. The van der Waals surface area contributed by atoms with Crippen LogP contribution in [0.4, 0.5) is 0 Å². The summed E-state index contributed by atoms with van der Waals surface area (Å²) in [6.07, 6.45) is 5.06. The maximum Gasteiger partial charge on any atom is 0.137 e. The number of aliphatic hydroxyl groups excluding tert-OH is 1. The Labute approximate surface area is 100 Å². The van der Waals surface area contributed by atoms with Crippen molar-refractivity contribution in [3.8, 4) is 0 Å². The maximum atomic E-state index is 10.3. The molecule has 1 aromatic carbocycles. The first-order chi connectivity index (χ1) is 8.36. The van der Waals surface area contributed by atoms with E-state index >= 15 is 0 Å². The SMILES string of the molecule is O[C@@H](C1=CCCc2ccccc21)c1ccco1. The van der Waals surface area contributed by atoms with E-state index in [-0.39, 0.29) is 0 Å². The highest BCUT2D eigenvalue weighted by atomic mass is 16.4. The molecule has 0 bridgehead atoms. The zero-order valence-corrected chi connectivity index (χ0v) is 9.47. The standard InChI is InChI=1S/C15H14O2/c16-15(14-9-4-10-17-14)13-8-3-6-11-5-1-2-7-12(11)13/h1-2,4-5,7-10,15-16H,3,6H2/t15-/m0/s1. The zero-order chi connectivity index (χ0) is 11.7. The van der Waals surface area contributed by atoms with Crippen molar-refractivity contribution < 1.29 is 9.52 Å². The van der Waals surface area contributed by atoms with Crippen molar-refractivity contribution >= 4 is 5.57 Å². The molecule has 2 aromatic rings. The number of benzene rings is 1. The Morgan fingerprint density at radius 3 is 2.82 bits per heavy atom. The Bertz CT molecular complexity index is 538. The number of hydrogen-bond acceptors (Lipinski definition) is 2. The van der Waals surface area contributed by atoms with Crippen LogP contribution in [0.15, 0.2) is 53.2 Å². The van der Waals surface area contributed by atoms with E-state index < -0.39 is 6.10 Å². The molecule has 2 heteroatoms. The summed E-state index contributed by atoms with van der Waals surface area (Å²) in [6, 6.07) is 11.8. The van der Waals surface area contributed by atoms with Crippen LogP contribution < -0.4 is 0 Å². The van der Waals surface area contributed by atoms with E-state index in [1.807, 2.05) is 18.2 Å². The molecular formula is C15H14O2. The Morgan fingerprint density at radius 2 is 2.00 bits per heavy atom. The van der Waals surface area contributed by atoms with Crippen molar-refractivity contribution in [2.24, 2.45) is 0 Å². The van der Waals surface area contributed by atoms with E-state index in [4.69, 9.17) is 4.42 Å². The molecule has 0 saturated heterocycles. The van der Waals surface area contributed by atoms with Crippen LogP contribution in [0.3, 0.4) is 0 Å². The van der Waals surface area contributed by atoms with Gasteiger partial charge in [0.25, 0.3) is 0 Å². The fraction of sp³-hybridized carbons (Fsp3) is 0.200. The van der Waals surface area contributed by atoms with E-state index in [1.165, 1.54) is 5.56 Å². The fourth-order valence-corrected chi connectivity index (χ4v) is 2.37. The highest BCUT2D eigenvalue weighted by Gasteiger charge is 2.21. The van der Waals surface area contributed by atoms with Gasteiger partial charge in [0.2, 0.25) is 0 Å². The van der Waals surface area contributed by atoms with E-state index in [1.54, 1.807) is 12.3 Å². The van der Waals surface area contributed by atoms with Gasteiger partial charge in [0.1, 0.15) is 11.9 Å². The number of rotatable bonds is 2. The summed E-state index contributed by atoms with van der Waals surface area (Å²) in [7, 11) is 0. The monoisotopic (exact) mass is 226 g/mol. The minimum absolute atomic E-state index is 0.605. The van der Waals surface area contributed by atoms with Crippen LogP contribution >= 0.6 is 0 Å². The van der Waals surface area contributed by atoms with Crippen LogP contribution in [0.2, 0.25) is 0 Å². The second kappa shape index (κ2) is 4.22. The van der Waals surface area contributed by atoms with Crippen molar-refractivity contribution in [3.05, 3.63) is 65.6 Å². The molecule has 1 aliphatic rings. The van der Waals surface area contributed by atoms with Gasteiger partial charge in [-0.05, 0) is 41.7 Å². The van der Waals surface area contributed by atoms with Crippen molar-refractivity contribution in [2.45, 2.75) is 18.9 Å². The average molecular weight is 226 g/mol. The molecule has 0 saturated carbocycles. The molecule has 0 aliphatic heterocycles. The van der Waals surface area contributed by atoms with Gasteiger partial charge in [-0.15, -0.1) is 0 Å². The first-order valence-electron chi connectivity index (χ1n) is 5.86. The highest BCUT2D eigenvalue weighted by molar-refractivity contribution is 5.73. The molecule has 1 aromatic heterocycles. The third kappa shape index (κ3) is 1.81. The molecule has 3 rings (SSSR count).